The summed E-state index contributed by atoms with van der Waals surface area (Å²) in [6.45, 7) is 9.05. The van der Waals surface area contributed by atoms with Gasteiger partial charge in [0.1, 0.15) is 0 Å². The summed E-state index contributed by atoms with van der Waals surface area (Å²) >= 11 is 2.02. The van der Waals surface area contributed by atoms with Crippen molar-refractivity contribution in [1.82, 2.24) is 0 Å². The molecule has 2 N–H and O–H groups in total. The number of hydrogen-bond acceptors (Lipinski definition) is 2. The molecule has 2 rings (SSSR count). The summed E-state index contributed by atoms with van der Waals surface area (Å²) in [6, 6.07) is 7.08. The number of nitrogens with two attached hydrogens (primary N) is 1. The maximum Gasteiger partial charge on any atom is 0.0308 e. The molecule has 0 aromatic heterocycles. The first kappa shape index (κ1) is 13.0. The molecule has 0 radical (unpaired) electrons. The highest BCUT2D eigenvalue weighted by Crippen LogP contribution is 2.35. The summed E-state index contributed by atoms with van der Waals surface area (Å²) in [5.41, 5.74) is 10.7. The summed E-state index contributed by atoms with van der Waals surface area (Å²) < 4.78 is 0. The molecule has 94 valence electrons. The fraction of sp³-hybridized carbons (Fsp3) is 0.600. The van der Waals surface area contributed by atoms with Crippen molar-refractivity contribution in [2.45, 2.75) is 56.6 Å². The molecular formula is C15H23NS. The molecule has 1 heterocycles. The lowest BCUT2D eigenvalue weighted by Gasteiger charge is -2.22. The Morgan fingerprint density at radius 1 is 1.29 bits per heavy atom. The molecule has 0 fully saturated rings. The monoisotopic (exact) mass is 249 g/mol. The van der Waals surface area contributed by atoms with E-state index in [1.54, 1.807) is 0 Å². The molecule has 2 unspecified atom stereocenters. The van der Waals surface area contributed by atoms with Crippen LogP contribution < -0.4 is 5.73 Å². The Hall–Kier alpha value is -0.470. The van der Waals surface area contributed by atoms with Crippen LogP contribution in [-0.4, -0.2) is 5.25 Å². The van der Waals surface area contributed by atoms with Gasteiger partial charge >= 0.3 is 0 Å². The van der Waals surface area contributed by atoms with Gasteiger partial charge in [0, 0.05) is 17.0 Å². The third kappa shape index (κ3) is 2.86. The highest BCUT2D eigenvalue weighted by Gasteiger charge is 2.22. The molecule has 1 aliphatic rings. The number of thioether (sulfide) groups is 1. The summed E-state index contributed by atoms with van der Waals surface area (Å²) in [4.78, 5) is 0. The van der Waals surface area contributed by atoms with Gasteiger partial charge in [-0.25, -0.2) is 0 Å². The number of fused-ring (bicyclic) bond motifs is 1. The predicted molar refractivity (Wildman–Crippen MR) is 77.4 cm³/mol. The standard InChI is InChI=1S/C15H23NS/c1-10-7-14(16)13-8-12(15(2,3)4)6-5-11(13)9-17-10/h5-6,8,10,14H,7,9,16H2,1-4H3. The van der Waals surface area contributed by atoms with Crippen LogP contribution in [-0.2, 0) is 11.2 Å². The molecule has 2 heteroatoms. The van der Waals surface area contributed by atoms with E-state index in [2.05, 4.69) is 45.9 Å². The lowest BCUT2D eigenvalue weighted by atomic mass is 9.84. The lowest BCUT2D eigenvalue weighted by molar-refractivity contribution is 0.584. The maximum atomic E-state index is 6.34. The van der Waals surface area contributed by atoms with Crippen molar-refractivity contribution < 1.29 is 0 Å². The van der Waals surface area contributed by atoms with Crippen LogP contribution >= 0.6 is 11.8 Å². The Morgan fingerprint density at radius 3 is 2.65 bits per heavy atom. The van der Waals surface area contributed by atoms with Crippen LogP contribution in [0, 0.1) is 0 Å². The lowest BCUT2D eigenvalue weighted by Crippen LogP contribution is -2.17. The Kier molecular flexibility index (Phi) is 3.55. The smallest absolute Gasteiger partial charge is 0.0308 e. The van der Waals surface area contributed by atoms with Gasteiger partial charge in [-0.2, -0.15) is 11.8 Å². The maximum absolute atomic E-state index is 6.34. The van der Waals surface area contributed by atoms with Crippen molar-refractivity contribution in [3.05, 3.63) is 34.9 Å². The van der Waals surface area contributed by atoms with Gasteiger partial charge in [0.2, 0.25) is 0 Å². The molecule has 2 atom stereocenters. The number of benzene rings is 1. The fourth-order valence-corrected chi connectivity index (χ4v) is 3.39. The van der Waals surface area contributed by atoms with E-state index in [0.717, 1.165) is 12.2 Å². The van der Waals surface area contributed by atoms with Gasteiger partial charge in [-0.05, 0) is 28.5 Å². The predicted octanol–water partition coefficient (Wildman–Crippen LogP) is 4.01. The first-order chi connectivity index (χ1) is 7.88. The molecule has 0 saturated carbocycles. The van der Waals surface area contributed by atoms with E-state index in [9.17, 15) is 0 Å². The third-order valence-electron chi connectivity index (χ3n) is 3.52. The van der Waals surface area contributed by atoms with Crippen LogP contribution in [0.25, 0.3) is 0 Å². The van der Waals surface area contributed by atoms with E-state index >= 15 is 0 Å². The second kappa shape index (κ2) is 4.66. The molecule has 0 aliphatic carbocycles. The Bertz CT molecular complexity index is 406. The zero-order valence-electron chi connectivity index (χ0n) is 11.3. The van der Waals surface area contributed by atoms with E-state index in [-0.39, 0.29) is 11.5 Å². The Balaban J connectivity index is 2.41. The third-order valence-corrected chi connectivity index (χ3v) is 4.76. The van der Waals surface area contributed by atoms with Crippen LogP contribution in [0.1, 0.15) is 56.8 Å². The fourth-order valence-electron chi connectivity index (χ4n) is 2.32. The summed E-state index contributed by atoms with van der Waals surface area (Å²) in [6.07, 6.45) is 1.09. The highest BCUT2D eigenvalue weighted by molar-refractivity contribution is 7.99. The SMILES string of the molecule is CC1CC(N)c2cc(C(C)(C)C)ccc2CS1. The Morgan fingerprint density at radius 2 is 2.00 bits per heavy atom. The average Bonchev–Trinajstić information content (AvgIpc) is 2.37. The second-order valence-corrected chi connectivity index (χ2v) is 7.55. The minimum Gasteiger partial charge on any atom is -0.324 e. The Labute approximate surface area is 109 Å². The zero-order chi connectivity index (χ0) is 12.6. The van der Waals surface area contributed by atoms with Crippen molar-refractivity contribution in [2.24, 2.45) is 5.73 Å². The summed E-state index contributed by atoms with van der Waals surface area (Å²) in [7, 11) is 0. The molecule has 0 saturated heterocycles. The van der Waals surface area contributed by atoms with Gasteiger partial charge in [0.05, 0.1) is 0 Å². The van der Waals surface area contributed by atoms with Gasteiger partial charge in [-0.3, -0.25) is 0 Å². The average molecular weight is 249 g/mol. The van der Waals surface area contributed by atoms with Crippen molar-refractivity contribution in [3.8, 4) is 0 Å². The van der Waals surface area contributed by atoms with Crippen molar-refractivity contribution in [2.75, 3.05) is 0 Å². The van der Waals surface area contributed by atoms with E-state index < -0.39 is 0 Å². The first-order valence-electron chi connectivity index (χ1n) is 6.38. The normalized spacial score (nSPS) is 25.2. The van der Waals surface area contributed by atoms with Gasteiger partial charge in [-0.15, -0.1) is 0 Å². The highest BCUT2D eigenvalue weighted by atomic mass is 32.2. The topological polar surface area (TPSA) is 26.0 Å². The first-order valence-corrected chi connectivity index (χ1v) is 7.43. The molecule has 0 bridgehead atoms. The quantitative estimate of drug-likeness (QED) is 0.752. The van der Waals surface area contributed by atoms with Crippen molar-refractivity contribution >= 4 is 11.8 Å². The van der Waals surface area contributed by atoms with Crippen LogP contribution in [0.2, 0.25) is 0 Å². The number of rotatable bonds is 0. The van der Waals surface area contributed by atoms with E-state index in [4.69, 9.17) is 5.73 Å². The molecule has 1 nitrogen and oxygen atoms in total. The van der Waals surface area contributed by atoms with E-state index in [1.807, 2.05) is 11.8 Å². The van der Waals surface area contributed by atoms with E-state index in [0.29, 0.717) is 5.25 Å². The van der Waals surface area contributed by atoms with E-state index in [1.165, 1.54) is 16.7 Å². The van der Waals surface area contributed by atoms with Crippen LogP contribution in [0.5, 0.6) is 0 Å². The van der Waals surface area contributed by atoms with Crippen LogP contribution in [0.3, 0.4) is 0 Å². The van der Waals surface area contributed by atoms with Crippen molar-refractivity contribution in [3.63, 3.8) is 0 Å². The minimum atomic E-state index is 0.206. The second-order valence-electron chi connectivity index (χ2n) is 6.13. The molecule has 0 amide bonds. The summed E-state index contributed by atoms with van der Waals surface area (Å²) in [5, 5.41) is 0.662. The van der Waals surface area contributed by atoms with Gasteiger partial charge in [0.25, 0.3) is 0 Å². The molecular weight excluding hydrogens is 226 g/mol. The van der Waals surface area contributed by atoms with Gasteiger partial charge in [0.15, 0.2) is 0 Å². The summed E-state index contributed by atoms with van der Waals surface area (Å²) in [5.74, 6) is 1.11. The molecule has 1 aliphatic heterocycles. The van der Waals surface area contributed by atoms with Crippen molar-refractivity contribution in [1.29, 1.82) is 0 Å². The zero-order valence-corrected chi connectivity index (χ0v) is 12.1. The minimum absolute atomic E-state index is 0.206. The molecule has 1 aromatic carbocycles. The molecule has 1 aromatic rings. The molecule has 0 spiro atoms. The molecule has 17 heavy (non-hydrogen) atoms. The van der Waals surface area contributed by atoms with Gasteiger partial charge < -0.3 is 5.73 Å². The number of hydrogen-bond donors (Lipinski definition) is 1. The van der Waals surface area contributed by atoms with Crippen LogP contribution in [0.4, 0.5) is 0 Å². The van der Waals surface area contributed by atoms with Gasteiger partial charge in [-0.1, -0.05) is 45.9 Å². The largest absolute Gasteiger partial charge is 0.324 e. The van der Waals surface area contributed by atoms with Crippen LogP contribution in [0.15, 0.2) is 18.2 Å².